The Hall–Kier alpha value is -2.02. The number of carbonyl (C=O) groups excluding carboxylic acids is 2. The van der Waals surface area contributed by atoms with Gasteiger partial charge in [-0.1, -0.05) is 0 Å². The van der Waals surface area contributed by atoms with E-state index in [0.29, 0.717) is 31.6 Å². The average molecular weight is 358 g/mol. The van der Waals surface area contributed by atoms with Crippen molar-refractivity contribution in [1.29, 1.82) is 0 Å². The van der Waals surface area contributed by atoms with E-state index in [0.717, 1.165) is 31.7 Å². The predicted molar refractivity (Wildman–Crippen MR) is 94.5 cm³/mol. The zero-order valence-corrected chi connectivity index (χ0v) is 15.3. The Balaban J connectivity index is 1.35. The van der Waals surface area contributed by atoms with Crippen LogP contribution >= 0.6 is 0 Å². The van der Waals surface area contributed by atoms with Crippen molar-refractivity contribution >= 4 is 11.9 Å². The molecule has 1 atom stereocenters. The van der Waals surface area contributed by atoms with Gasteiger partial charge in [0.05, 0.1) is 17.3 Å². The van der Waals surface area contributed by atoms with Crippen LogP contribution in [-0.4, -0.2) is 70.5 Å². The molecule has 1 spiro atoms. The third kappa shape index (κ3) is 3.32. The van der Waals surface area contributed by atoms with E-state index in [4.69, 9.17) is 4.74 Å². The minimum atomic E-state index is -0.403. The molecule has 3 aliphatic rings. The van der Waals surface area contributed by atoms with E-state index in [1.54, 1.807) is 11.1 Å². The fourth-order valence-corrected chi connectivity index (χ4v) is 4.40. The van der Waals surface area contributed by atoms with E-state index in [1.807, 2.05) is 6.92 Å². The Morgan fingerprint density at radius 1 is 1.19 bits per heavy atom. The third-order valence-corrected chi connectivity index (χ3v) is 5.99. The van der Waals surface area contributed by atoms with Crippen molar-refractivity contribution in [3.05, 3.63) is 23.8 Å². The monoisotopic (exact) mass is 358 g/mol. The van der Waals surface area contributed by atoms with Gasteiger partial charge in [0.25, 0.3) is 5.91 Å². The summed E-state index contributed by atoms with van der Waals surface area (Å²) in [6, 6.07) is 0. The molecule has 1 aromatic rings. The SMILES string of the molecule is Cc1cnc(C(=O)N2CCC3(CC2)CC(CN2CCCC2)OC3=O)cn1. The molecule has 3 aliphatic heterocycles. The first-order valence-electron chi connectivity index (χ1n) is 9.57. The molecule has 4 heterocycles. The van der Waals surface area contributed by atoms with E-state index in [2.05, 4.69) is 14.9 Å². The lowest BCUT2D eigenvalue weighted by atomic mass is 9.76. The zero-order chi connectivity index (χ0) is 18.1. The summed E-state index contributed by atoms with van der Waals surface area (Å²) < 4.78 is 5.70. The second-order valence-electron chi connectivity index (χ2n) is 7.85. The highest BCUT2D eigenvalue weighted by molar-refractivity contribution is 5.92. The summed E-state index contributed by atoms with van der Waals surface area (Å²) in [7, 11) is 0. The molecule has 1 amide bonds. The van der Waals surface area contributed by atoms with Crippen LogP contribution in [0.3, 0.4) is 0 Å². The molecule has 3 saturated heterocycles. The maximum atomic E-state index is 12.6. The Morgan fingerprint density at radius 3 is 2.58 bits per heavy atom. The molecule has 7 heteroatoms. The number of hydrogen-bond acceptors (Lipinski definition) is 6. The first kappa shape index (κ1) is 17.4. The fourth-order valence-electron chi connectivity index (χ4n) is 4.40. The topological polar surface area (TPSA) is 75.6 Å². The number of piperidine rings is 1. The lowest BCUT2D eigenvalue weighted by Gasteiger charge is -2.36. The molecule has 1 unspecified atom stereocenters. The zero-order valence-electron chi connectivity index (χ0n) is 15.3. The van der Waals surface area contributed by atoms with Crippen molar-refractivity contribution in [3.8, 4) is 0 Å². The summed E-state index contributed by atoms with van der Waals surface area (Å²) in [6.45, 7) is 6.06. The van der Waals surface area contributed by atoms with E-state index in [1.165, 1.54) is 19.0 Å². The molecule has 7 nitrogen and oxygen atoms in total. The maximum absolute atomic E-state index is 12.6. The third-order valence-electron chi connectivity index (χ3n) is 5.99. The summed E-state index contributed by atoms with van der Waals surface area (Å²) in [4.78, 5) is 37.6. The summed E-state index contributed by atoms with van der Waals surface area (Å²) >= 11 is 0. The smallest absolute Gasteiger partial charge is 0.312 e. The van der Waals surface area contributed by atoms with Gasteiger partial charge in [0.2, 0.25) is 0 Å². The van der Waals surface area contributed by atoms with Crippen LogP contribution in [0.5, 0.6) is 0 Å². The highest BCUT2D eigenvalue weighted by Gasteiger charge is 2.51. The number of rotatable bonds is 3. The van der Waals surface area contributed by atoms with Gasteiger partial charge in [0.1, 0.15) is 11.8 Å². The number of aryl methyl sites for hydroxylation is 1. The van der Waals surface area contributed by atoms with Gasteiger partial charge in [0, 0.05) is 32.3 Å². The van der Waals surface area contributed by atoms with Gasteiger partial charge in [0.15, 0.2) is 0 Å². The maximum Gasteiger partial charge on any atom is 0.312 e. The lowest BCUT2D eigenvalue weighted by Crippen LogP contribution is -2.45. The van der Waals surface area contributed by atoms with Crippen LogP contribution in [0.25, 0.3) is 0 Å². The van der Waals surface area contributed by atoms with E-state index in [9.17, 15) is 9.59 Å². The number of hydrogen-bond donors (Lipinski definition) is 0. The Labute approximate surface area is 153 Å². The van der Waals surface area contributed by atoms with Gasteiger partial charge in [-0.25, -0.2) is 4.98 Å². The minimum Gasteiger partial charge on any atom is -0.461 e. The van der Waals surface area contributed by atoms with E-state index in [-0.39, 0.29) is 18.0 Å². The van der Waals surface area contributed by atoms with Crippen LogP contribution in [0, 0.1) is 12.3 Å². The molecular weight excluding hydrogens is 332 g/mol. The molecule has 0 N–H and O–H groups in total. The van der Waals surface area contributed by atoms with E-state index >= 15 is 0 Å². The van der Waals surface area contributed by atoms with Crippen LogP contribution in [0.15, 0.2) is 12.4 Å². The van der Waals surface area contributed by atoms with Gasteiger partial charge in [-0.3, -0.25) is 19.5 Å². The molecule has 3 fully saturated rings. The molecule has 1 aromatic heterocycles. The number of ether oxygens (including phenoxy) is 1. The summed E-state index contributed by atoms with van der Waals surface area (Å²) in [6.07, 6.45) is 7.75. The number of amides is 1. The minimum absolute atomic E-state index is 0.00539. The molecule has 0 aromatic carbocycles. The normalized spacial score (nSPS) is 25.7. The van der Waals surface area contributed by atoms with Crippen molar-refractivity contribution in [2.75, 3.05) is 32.7 Å². The summed E-state index contributed by atoms with van der Waals surface area (Å²) in [5.74, 6) is -0.170. The molecule has 26 heavy (non-hydrogen) atoms. The molecule has 0 bridgehead atoms. The number of aromatic nitrogens is 2. The summed E-state index contributed by atoms with van der Waals surface area (Å²) in [5, 5.41) is 0. The number of esters is 1. The predicted octanol–water partition coefficient (Wildman–Crippen LogP) is 1.42. The Morgan fingerprint density at radius 2 is 1.92 bits per heavy atom. The molecule has 0 aliphatic carbocycles. The van der Waals surface area contributed by atoms with Gasteiger partial charge in [-0.2, -0.15) is 0 Å². The van der Waals surface area contributed by atoms with Crippen LogP contribution in [0.2, 0.25) is 0 Å². The first-order chi connectivity index (χ1) is 12.6. The quantitative estimate of drug-likeness (QED) is 0.761. The Bertz CT molecular complexity index is 677. The van der Waals surface area contributed by atoms with Gasteiger partial charge < -0.3 is 9.64 Å². The van der Waals surface area contributed by atoms with Crippen molar-refractivity contribution < 1.29 is 14.3 Å². The average Bonchev–Trinajstić information content (AvgIpc) is 3.25. The summed E-state index contributed by atoms with van der Waals surface area (Å²) in [5.41, 5.74) is 0.754. The van der Waals surface area contributed by atoms with Crippen molar-refractivity contribution in [3.63, 3.8) is 0 Å². The van der Waals surface area contributed by atoms with Crippen molar-refractivity contribution in [2.45, 2.75) is 45.1 Å². The highest BCUT2D eigenvalue weighted by atomic mass is 16.6. The number of nitrogens with zero attached hydrogens (tertiary/aromatic N) is 4. The lowest BCUT2D eigenvalue weighted by molar-refractivity contribution is -0.150. The van der Waals surface area contributed by atoms with E-state index < -0.39 is 5.41 Å². The molecule has 0 radical (unpaired) electrons. The molecule has 4 rings (SSSR count). The number of likely N-dealkylation sites (tertiary alicyclic amines) is 2. The van der Waals surface area contributed by atoms with Crippen LogP contribution in [-0.2, 0) is 9.53 Å². The van der Waals surface area contributed by atoms with Crippen LogP contribution in [0.4, 0.5) is 0 Å². The standard InChI is InChI=1S/C19H26N4O3/c1-14-11-21-16(12-20-14)17(24)23-8-4-19(5-9-23)10-15(26-18(19)25)13-22-6-2-3-7-22/h11-12,15H,2-10,13H2,1H3. The first-order valence-corrected chi connectivity index (χ1v) is 9.57. The Kier molecular flexibility index (Phi) is 4.65. The number of carbonyl (C=O) groups is 2. The highest BCUT2D eigenvalue weighted by Crippen LogP contribution is 2.43. The van der Waals surface area contributed by atoms with Gasteiger partial charge in [-0.05, 0) is 45.7 Å². The largest absolute Gasteiger partial charge is 0.461 e. The second kappa shape index (κ2) is 6.95. The fraction of sp³-hybridized carbons (Fsp3) is 0.684. The van der Waals surface area contributed by atoms with Crippen LogP contribution in [0.1, 0.15) is 48.3 Å². The van der Waals surface area contributed by atoms with Gasteiger partial charge >= 0.3 is 5.97 Å². The van der Waals surface area contributed by atoms with Crippen molar-refractivity contribution in [1.82, 2.24) is 19.8 Å². The van der Waals surface area contributed by atoms with Crippen molar-refractivity contribution in [2.24, 2.45) is 5.41 Å². The molecular formula is C19H26N4O3. The molecule has 140 valence electrons. The van der Waals surface area contributed by atoms with Crippen LogP contribution < -0.4 is 0 Å². The molecule has 0 saturated carbocycles. The second-order valence-corrected chi connectivity index (χ2v) is 7.85. The van der Waals surface area contributed by atoms with Gasteiger partial charge in [-0.15, -0.1) is 0 Å². The number of cyclic esters (lactones) is 1.